The molecule has 128 valence electrons. The Morgan fingerprint density at radius 3 is 2.64 bits per heavy atom. The lowest BCUT2D eigenvalue weighted by Crippen LogP contribution is -2.47. The Balaban J connectivity index is 2.21. The zero-order valence-corrected chi connectivity index (χ0v) is 13.7. The van der Waals surface area contributed by atoms with Gasteiger partial charge in [-0.1, -0.05) is 12.1 Å². The van der Waals surface area contributed by atoms with Crippen molar-refractivity contribution in [2.24, 2.45) is 5.73 Å². The van der Waals surface area contributed by atoms with Gasteiger partial charge >= 0.3 is 0 Å². The van der Waals surface area contributed by atoms with Crippen molar-refractivity contribution >= 4 is 11.7 Å². The van der Waals surface area contributed by atoms with Gasteiger partial charge in [-0.25, -0.2) is 9.40 Å². The Morgan fingerprint density at radius 1 is 1.36 bits per heavy atom. The number of ketones is 1. The molecule has 0 bridgehead atoms. The Labute approximate surface area is 144 Å². The number of rotatable bonds is 2. The second-order valence-electron chi connectivity index (χ2n) is 6.04. The van der Waals surface area contributed by atoms with Crippen molar-refractivity contribution in [2.45, 2.75) is 32.1 Å². The molecule has 1 heterocycles. The van der Waals surface area contributed by atoms with Crippen LogP contribution in [0.2, 0.25) is 0 Å². The molecule has 1 unspecified atom stereocenters. The molecule has 7 heteroatoms. The lowest BCUT2D eigenvalue weighted by atomic mass is 9.76. The molecular weight excluding hydrogens is 323 g/mol. The lowest BCUT2D eigenvalue weighted by Gasteiger charge is -2.39. The van der Waals surface area contributed by atoms with Crippen LogP contribution < -0.4 is 11.2 Å². The molecule has 1 aliphatic heterocycles. The topological polar surface area (TPSA) is 99.2 Å². The standard InChI is InChI=1S/C18H17FN4O2/c1-10(24)22-23-14-3-2-4-15(25)17(14)16(13(9-20)18(23)21)11-5-7-12(19)8-6-11/h5-8,16H,2-4,21H2,1H3,(H,22,24). The van der Waals surface area contributed by atoms with E-state index in [0.29, 0.717) is 36.1 Å². The number of benzene rings is 1. The molecule has 3 rings (SSSR count). The molecule has 0 aromatic heterocycles. The molecule has 3 N–H and O–H groups in total. The fourth-order valence-corrected chi connectivity index (χ4v) is 3.36. The number of carbonyl (C=O) groups is 2. The van der Waals surface area contributed by atoms with Crippen molar-refractivity contribution in [1.82, 2.24) is 10.4 Å². The van der Waals surface area contributed by atoms with Crippen LogP contribution in [0.4, 0.5) is 4.39 Å². The van der Waals surface area contributed by atoms with Crippen LogP contribution in [0.5, 0.6) is 0 Å². The second kappa shape index (κ2) is 6.40. The number of nitrogens with two attached hydrogens (primary N) is 1. The number of Topliss-reactive ketones (excluding diaryl/α,β-unsaturated/α-hetero) is 1. The van der Waals surface area contributed by atoms with E-state index in [9.17, 15) is 19.2 Å². The van der Waals surface area contributed by atoms with Crippen LogP contribution in [0, 0.1) is 17.1 Å². The summed E-state index contributed by atoms with van der Waals surface area (Å²) in [5.74, 6) is -1.42. The average Bonchev–Trinajstić information content (AvgIpc) is 2.58. The van der Waals surface area contributed by atoms with Gasteiger partial charge in [0.1, 0.15) is 11.6 Å². The number of hydrogen-bond donors (Lipinski definition) is 2. The molecule has 1 aromatic carbocycles. The van der Waals surface area contributed by atoms with E-state index >= 15 is 0 Å². The SMILES string of the molecule is CC(=O)NN1C(N)=C(C#N)C(c2ccc(F)cc2)C2=C1CCCC2=O. The highest BCUT2D eigenvalue weighted by molar-refractivity contribution is 5.99. The van der Waals surface area contributed by atoms with Crippen molar-refractivity contribution in [3.05, 3.63) is 58.3 Å². The fourth-order valence-electron chi connectivity index (χ4n) is 3.36. The number of nitriles is 1. The Hall–Kier alpha value is -3.14. The first-order valence-corrected chi connectivity index (χ1v) is 7.92. The van der Waals surface area contributed by atoms with E-state index in [-0.39, 0.29) is 23.1 Å². The van der Waals surface area contributed by atoms with E-state index < -0.39 is 11.7 Å². The third kappa shape index (κ3) is 2.87. The quantitative estimate of drug-likeness (QED) is 0.857. The normalized spacial score (nSPS) is 20.3. The van der Waals surface area contributed by atoms with Gasteiger partial charge in [-0.05, 0) is 30.5 Å². The van der Waals surface area contributed by atoms with Crippen LogP contribution in [-0.2, 0) is 9.59 Å². The predicted octanol–water partition coefficient (Wildman–Crippen LogP) is 1.98. The van der Waals surface area contributed by atoms with Crippen molar-refractivity contribution in [1.29, 1.82) is 5.26 Å². The highest BCUT2D eigenvalue weighted by Gasteiger charge is 2.40. The van der Waals surface area contributed by atoms with Crippen molar-refractivity contribution in [3.63, 3.8) is 0 Å². The summed E-state index contributed by atoms with van der Waals surface area (Å²) in [6.07, 6.45) is 1.56. The smallest absolute Gasteiger partial charge is 0.235 e. The summed E-state index contributed by atoms with van der Waals surface area (Å²) < 4.78 is 13.3. The second-order valence-corrected chi connectivity index (χ2v) is 6.04. The van der Waals surface area contributed by atoms with Gasteiger partial charge in [0.15, 0.2) is 5.78 Å². The zero-order chi connectivity index (χ0) is 18.1. The van der Waals surface area contributed by atoms with Gasteiger partial charge in [0.25, 0.3) is 0 Å². The van der Waals surface area contributed by atoms with E-state index in [1.807, 2.05) is 0 Å². The molecular formula is C18H17FN4O2. The Morgan fingerprint density at radius 2 is 2.04 bits per heavy atom. The van der Waals surface area contributed by atoms with Crippen LogP contribution in [0.25, 0.3) is 0 Å². The summed E-state index contributed by atoms with van der Waals surface area (Å²) in [4.78, 5) is 24.2. The third-order valence-corrected chi connectivity index (χ3v) is 4.39. The molecule has 6 nitrogen and oxygen atoms in total. The molecule has 2 aliphatic rings. The number of carbonyl (C=O) groups excluding carboxylic acids is 2. The largest absolute Gasteiger partial charge is 0.383 e. The van der Waals surface area contributed by atoms with Gasteiger partial charge in [0.2, 0.25) is 5.91 Å². The van der Waals surface area contributed by atoms with E-state index in [1.54, 1.807) is 12.1 Å². The maximum absolute atomic E-state index is 13.3. The summed E-state index contributed by atoms with van der Waals surface area (Å²) in [5.41, 5.74) is 10.5. The first-order valence-electron chi connectivity index (χ1n) is 7.92. The predicted molar refractivity (Wildman–Crippen MR) is 87.5 cm³/mol. The highest BCUT2D eigenvalue weighted by atomic mass is 19.1. The number of hydrogen-bond acceptors (Lipinski definition) is 5. The number of nitrogens with one attached hydrogen (secondary N) is 1. The van der Waals surface area contributed by atoms with Gasteiger partial charge in [0, 0.05) is 24.6 Å². The molecule has 25 heavy (non-hydrogen) atoms. The van der Waals surface area contributed by atoms with Crippen LogP contribution in [0.3, 0.4) is 0 Å². The summed E-state index contributed by atoms with van der Waals surface area (Å²) in [6, 6.07) is 7.72. The number of allylic oxidation sites excluding steroid dienone is 3. The Kier molecular flexibility index (Phi) is 4.28. The molecule has 1 aromatic rings. The molecule has 0 radical (unpaired) electrons. The molecule has 1 aliphatic carbocycles. The number of amides is 1. The number of halogens is 1. The summed E-state index contributed by atoms with van der Waals surface area (Å²) >= 11 is 0. The van der Waals surface area contributed by atoms with Gasteiger partial charge in [0.05, 0.1) is 17.6 Å². The molecule has 1 amide bonds. The number of hydrazine groups is 1. The van der Waals surface area contributed by atoms with Crippen LogP contribution in [-0.4, -0.2) is 16.7 Å². The molecule has 0 saturated carbocycles. The maximum atomic E-state index is 13.3. The van der Waals surface area contributed by atoms with E-state index in [1.165, 1.54) is 24.1 Å². The maximum Gasteiger partial charge on any atom is 0.235 e. The molecule has 0 spiro atoms. The van der Waals surface area contributed by atoms with Crippen LogP contribution >= 0.6 is 0 Å². The van der Waals surface area contributed by atoms with Gasteiger partial charge in [-0.2, -0.15) is 5.26 Å². The van der Waals surface area contributed by atoms with E-state index in [2.05, 4.69) is 11.5 Å². The summed E-state index contributed by atoms with van der Waals surface area (Å²) in [5, 5.41) is 11.0. The lowest BCUT2D eigenvalue weighted by molar-refractivity contribution is -0.123. The average molecular weight is 340 g/mol. The van der Waals surface area contributed by atoms with Gasteiger partial charge < -0.3 is 5.73 Å². The minimum atomic E-state index is -0.654. The first-order chi connectivity index (χ1) is 11.9. The van der Waals surface area contributed by atoms with Crippen molar-refractivity contribution < 1.29 is 14.0 Å². The first kappa shape index (κ1) is 16.7. The van der Waals surface area contributed by atoms with Crippen LogP contribution in [0.1, 0.15) is 37.7 Å². The van der Waals surface area contributed by atoms with E-state index in [4.69, 9.17) is 5.73 Å². The van der Waals surface area contributed by atoms with Crippen molar-refractivity contribution in [2.75, 3.05) is 0 Å². The Bertz CT molecular complexity index is 849. The molecule has 0 saturated heterocycles. The minimum absolute atomic E-state index is 0.0838. The molecule has 1 atom stereocenters. The zero-order valence-electron chi connectivity index (χ0n) is 13.7. The molecule has 0 fully saturated rings. The monoisotopic (exact) mass is 340 g/mol. The van der Waals surface area contributed by atoms with Gasteiger partial charge in [-0.3, -0.25) is 15.0 Å². The van der Waals surface area contributed by atoms with Crippen LogP contribution in [0.15, 0.2) is 46.9 Å². The summed E-state index contributed by atoms with van der Waals surface area (Å²) in [6.45, 7) is 1.33. The minimum Gasteiger partial charge on any atom is -0.383 e. The summed E-state index contributed by atoms with van der Waals surface area (Å²) in [7, 11) is 0. The van der Waals surface area contributed by atoms with E-state index in [0.717, 1.165) is 0 Å². The van der Waals surface area contributed by atoms with Gasteiger partial charge in [-0.15, -0.1) is 0 Å². The van der Waals surface area contributed by atoms with Crippen molar-refractivity contribution in [3.8, 4) is 6.07 Å². The highest BCUT2D eigenvalue weighted by Crippen LogP contribution is 2.43. The fraction of sp³-hybridized carbons (Fsp3) is 0.278. The third-order valence-electron chi connectivity index (χ3n) is 4.39. The number of nitrogens with zero attached hydrogens (tertiary/aromatic N) is 2.